The Bertz CT molecular complexity index is 1530. The molecule has 10 atom stereocenters. The van der Waals surface area contributed by atoms with Crippen LogP contribution in [0, 0.1) is 29.6 Å². The van der Waals surface area contributed by atoms with Gasteiger partial charge in [0.25, 0.3) is 0 Å². The van der Waals surface area contributed by atoms with Gasteiger partial charge in [-0.15, -0.1) is 0 Å². The highest BCUT2D eigenvalue weighted by atomic mass is 32.2. The average molecular weight is 631 g/mol. The lowest BCUT2D eigenvalue weighted by atomic mass is 9.68. The van der Waals surface area contributed by atoms with Crippen molar-refractivity contribution >= 4 is 11.8 Å². The molecule has 2 fully saturated rings. The molecule has 46 heavy (non-hydrogen) atoms. The molecule has 0 aromatic carbocycles. The smallest absolute Gasteiger partial charge is 0.0858 e. The fourth-order valence-corrected chi connectivity index (χ4v) is 11.2. The van der Waals surface area contributed by atoms with Crippen molar-refractivity contribution in [3.05, 3.63) is 117 Å². The minimum atomic E-state index is 0.154. The van der Waals surface area contributed by atoms with Gasteiger partial charge in [0, 0.05) is 23.9 Å². The molecule has 4 N–H and O–H groups in total. The fraction of sp³-hybridized carbons (Fsp3) is 0.512. The van der Waals surface area contributed by atoms with E-state index >= 15 is 0 Å². The molecule has 5 heteroatoms. The van der Waals surface area contributed by atoms with Crippen LogP contribution in [0.25, 0.3) is 0 Å². The molecule has 0 aromatic rings. The van der Waals surface area contributed by atoms with Crippen LogP contribution in [0.15, 0.2) is 117 Å². The van der Waals surface area contributed by atoms with Crippen LogP contribution < -0.4 is 21.3 Å². The summed E-state index contributed by atoms with van der Waals surface area (Å²) in [6, 6.07) is 1.15. The lowest BCUT2D eigenvalue weighted by molar-refractivity contribution is 0.196. The maximum atomic E-state index is 4.16. The number of rotatable bonds is 5. The molecule has 4 nitrogen and oxygen atoms in total. The third-order valence-electron chi connectivity index (χ3n) is 12.3. The van der Waals surface area contributed by atoms with Crippen LogP contribution in [0.1, 0.15) is 70.6 Å². The highest BCUT2D eigenvalue weighted by Gasteiger charge is 2.44. The number of nitrogens with one attached hydrogen (secondary N) is 4. The van der Waals surface area contributed by atoms with Crippen LogP contribution in [0.2, 0.25) is 0 Å². The van der Waals surface area contributed by atoms with Crippen molar-refractivity contribution in [1.29, 1.82) is 0 Å². The van der Waals surface area contributed by atoms with Gasteiger partial charge < -0.3 is 5.32 Å². The standard InChI is InChI=1S/C41H50N4S/c1-3-11-26(12-4-1)39-43-40(27-13-5-2-6-14-27)45-41(44-39)30-19-21-31(36-25-29-15-7-9-17-35(29)42-36)33(24-30)28-20-22-38-34(23-28)32-16-8-10-18-37(32)46-38/h1,3-5,7-8,11,13-16,19,21-22,26,28-29,33-36,39-45H,2,6,9-10,12,17-18,20,23-25H2. The van der Waals surface area contributed by atoms with Gasteiger partial charge in [0.05, 0.1) is 18.5 Å². The summed E-state index contributed by atoms with van der Waals surface area (Å²) in [6.07, 6.45) is 47.6. The van der Waals surface area contributed by atoms with Crippen molar-refractivity contribution < 1.29 is 0 Å². The van der Waals surface area contributed by atoms with E-state index in [2.05, 4.69) is 118 Å². The Morgan fingerprint density at radius 3 is 2.59 bits per heavy atom. The minimum absolute atomic E-state index is 0.154. The first-order chi connectivity index (χ1) is 22.8. The predicted octanol–water partition coefficient (Wildman–Crippen LogP) is 7.99. The number of fused-ring (bicyclic) bond motifs is 3. The molecular formula is C41H50N4S. The molecule has 0 spiro atoms. The van der Waals surface area contributed by atoms with Crippen LogP contribution in [0.4, 0.5) is 0 Å². The van der Waals surface area contributed by atoms with Crippen LogP contribution in [0.5, 0.6) is 0 Å². The predicted molar refractivity (Wildman–Crippen MR) is 192 cm³/mol. The number of hydrogen-bond donors (Lipinski definition) is 4. The normalized spacial score (nSPS) is 41.4. The Morgan fingerprint density at radius 2 is 1.70 bits per heavy atom. The van der Waals surface area contributed by atoms with Crippen molar-refractivity contribution in [2.24, 2.45) is 29.6 Å². The molecule has 6 aliphatic carbocycles. The van der Waals surface area contributed by atoms with Crippen molar-refractivity contribution in [1.82, 2.24) is 21.3 Å². The minimum Gasteiger partial charge on any atom is -0.307 e. The van der Waals surface area contributed by atoms with Gasteiger partial charge in [-0.05, 0) is 120 Å². The van der Waals surface area contributed by atoms with E-state index < -0.39 is 0 Å². The summed E-state index contributed by atoms with van der Waals surface area (Å²) in [6.45, 7) is 0. The summed E-state index contributed by atoms with van der Waals surface area (Å²) in [4.78, 5) is 3.31. The zero-order chi connectivity index (χ0) is 30.5. The van der Waals surface area contributed by atoms with Gasteiger partial charge in [-0.25, -0.2) is 0 Å². The monoisotopic (exact) mass is 630 g/mol. The molecule has 240 valence electrons. The van der Waals surface area contributed by atoms with Gasteiger partial charge in [0.15, 0.2) is 0 Å². The fourth-order valence-electron chi connectivity index (χ4n) is 9.86. The first-order valence-corrected chi connectivity index (χ1v) is 19.2. The summed E-state index contributed by atoms with van der Waals surface area (Å²) in [7, 11) is 0. The van der Waals surface area contributed by atoms with E-state index in [1.165, 1.54) is 56.1 Å². The summed E-state index contributed by atoms with van der Waals surface area (Å²) < 4.78 is 0. The molecule has 10 unspecified atom stereocenters. The topological polar surface area (TPSA) is 48.1 Å². The second kappa shape index (κ2) is 12.9. The molecular weight excluding hydrogens is 581 g/mol. The van der Waals surface area contributed by atoms with E-state index in [-0.39, 0.29) is 18.5 Å². The summed E-state index contributed by atoms with van der Waals surface area (Å²) in [5.74, 6) is 3.01. The third kappa shape index (κ3) is 5.71. The van der Waals surface area contributed by atoms with E-state index in [4.69, 9.17) is 0 Å². The number of thioether (sulfide) groups is 1. The zero-order valence-corrected chi connectivity index (χ0v) is 27.9. The largest absolute Gasteiger partial charge is 0.307 e. The lowest BCUT2D eigenvalue weighted by Gasteiger charge is -2.45. The molecule has 0 radical (unpaired) electrons. The van der Waals surface area contributed by atoms with Crippen molar-refractivity contribution in [2.45, 2.75) is 101 Å². The molecule has 0 aromatic heterocycles. The molecule has 3 heterocycles. The Labute approximate surface area is 280 Å². The maximum absolute atomic E-state index is 4.16. The summed E-state index contributed by atoms with van der Waals surface area (Å²) in [5, 5.41) is 16.2. The average Bonchev–Trinajstić information content (AvgIpc) is 3.73. The molecule has 0 amide bonds. The SMILES string of the molecule is C1=CCC(C2NC(C3=CCCC=C3)NC(C3=CC=C(C4CC5C=CCCC5N4)C(C4CC=C5SC6=C(C=CCC6)C5C4)C3)N2)C=C1. The van der Waals surface area contributed by atoms with Gasteiger partial charge >= 0.3 is 0 Å². The quantitative estimate of drug-likeness (QED) is 0.232. The first-order valence-electron chi connectivity index (χ1n) is 18.4. The highest BCUT2D eigenvalue weighted by molar-refractivity contribution is 8.07. The molecule has 3 aliphatic heterocycles. The Hall–Kier alpha value is -2.41. The van der Waals surface area contributed by atoms with E-state index in [1.807, 2.05) is 0 Å². The Kier molecular flexibility index (Phi) is 8.33. The molecule has 9 rings (SSSR count). The van der Waals surface area contributed by atoms with Crippen LogP contribution in [0.3, 0.4) is 0 Å². The highest BCUT2D eigenvalue weighted by Crippen LogP contribution is 2.56. The second-order valence-electron chi connectivity index (χ2n) is 15.0. The zero-order valence-electron chi connectivity index (χ0n) is 27.0. The van der Waals surface area contributed by atoms with Crippen molar-refractivity contribution in [2.75, 3.05) is 0 Å². The molecule has 9 aliphatic rings. The maximum Gasteiger partial charge on any atom is 0.0858 e. The Balaban J connectivity index is 1.02. The van der Waals surface area contributed by atoms with Gasteiger partial charge in [-0.3, -0.25) is 16.0 Å². The number of allylic oxidation sites excluding steroid dienone is 14. The van der Waals surface area contributed by atoms with E-state index in [1.54, 1.807) is 21.0 Å². The third-order valence-corrected chi connectivity index (χ3v) is 13.7. The van der Waals surface area contributed by atoms with Gasteiger partial charge in [-0.1, -0.05) is 96.8 Å². The van der Waals surface area contributed by atoms with E-state index in [0.717, 1.165) is 25.7 Å². The molecule has 0 saturated carbocycles. The van der Waals surface area contributed by atoms with E-state index in [0.29, 0.717) is 41.7 Å². The van der Waals surface area contributed by atoms with Crippen LogP contribution in [-0.2, 0) is 0 Å². The van der Waals surface area contributed by atoms with Crippen LogP contribution >= 0.6 is 11.8 Å². The Morgan fingerprint density at radius 1 is 0.739 bits per heavy atom. The lowest BCUT2D eigenvalue weighted by Crippen LogP contribution is -2.69. The first kappa shape index (κ1) is 29.7. The molecule has 2 saturated heterocycles. The van der Waals surface area contributed by atoms with Crippen LogP contribution in [-0.4, -0.2) is 30.6 Å². The van der Waals surface area contributed by atoms with E-state index in [9.17, 15) is 0 Å². The van der Waals surface area contributed by atoms with Crippen molar-refractivity contribution in [3.63, 3.8) is 0 Å². The van der Waals surface area contributed by atoms with Gasteiger partial charge in [0.2, 0.25) is 0 Å². The van der Waals surface area contributed by atoms with Gasteiger partial charge in [-0.2, -0.15) is 0 Å². The second-order valence-corrected chi connectivity index (χ2v) is 16.2. The van der Waals surface area contributed by atoms with Crippen molar-refractivity contribution in [3.8, 4) is 0 Å². The number of hydrogen-bond acceptors (Lipinski definition) is 5. The summed E-state index contributed by atoms with van der Waals surface area (Å²) >= 11 is 2.11. The van der Waals surface area contributed by atoms with Gasteiger partial charge in [0.1, 0.15) is 0 Å². The molecule has 0 bridgehead atoms. The summed E-state index contributed by atoms with van der Waals surface area (Å²) in [5.41, 5.74) is 6.26.